The van der Waals surface area contributed by atoms with Crippen LogP contribution in [-0.4, -0.2) is 17.5 Å². The van der Waals surface area contributed by atoms with Gasteiger partial charge in [-0.05, 0) is 13.8 Å². The molecule has 0 amide bonds. The van der Waals surface area contributed by atoms with Crippen molar-refractivity contribution in [3.63, 3.8) is 0 Å². The Hall–Kier alpha value is -0.640. The highest BCUT2D eigenvalue weighted by Gasteiger charge is 2.25. The van der Waals surface area contributed by atoms with Crippen molar-refractivity contribution >= 4 is 13.8 Å². The molecular weight excluding hydrogens is 183 g/mol. The molecule has 0 saturated carbocycles. The summed E-state index contributed by atoms with van der Waals surface area (Å²) in [6, 6.07) is 0. The van der Waals surface area contributed by atoms with Gasteiger partial charge >= 0.3 is 13.8 Å². The van der Waals surface area contributed by atoms with Crippen molar-refractivity contribution in [3.8, 4) is 0 Å². The number of phosphoric ester groups is 1. The third-order valence-electron chi connectivity index (χ3n) is 0.839. The Balaban J connectivity index is 4.15. The molecule has 0 rings (SSSR count). The topological polar surface area (TPSA) is 72.8 Å². The molecule has 0 heterocycles. The SMILES string of the molecule is C=C(C)C(=O)OP(=O)(O)OCC. The van der Waals surface area contributed by atoms with E-state index >= 15 is 0 Å². The van der Waals surface area contributed by atoms with E-state index in [1.54, 1.807) is 0 Å². The first-order chi connectivity index (χ1) is 5.39. The minimum absolute atomic E-state index is 0.00273. The molecule has 0 aromatic carbocycles. The van der Waals surface area contributed by atoms with Crippen molar-refractivity contribution < 1.29 is 23.3 Å². The average Bonchev–Trinajstić information content (AvgIpc) is 1.85. The molecule has 0 aliphatic rings. The van der Waals surface area contributed by atoms with Gasteiger partial charge in [0.1, 0.15) is 0 Å². The second kappa shape index (κ2) is 4.40. The first-order valence-corrected chi connectivity index (χ1v) is 4.75. The van der Waals surface area contributed by atoms with Crippen molar-refractivity contribution in [3.05, 3.63) is 12.2 Å². The Bertz CT molecular complexity index is 234. The molecule has 0 spiro atoms. The summed E-state index contributed by atoms with van der Waals surface area (Å²) in [5.41, 5.74) is 0.0454. The van der Waals surface area contributed by atoms with Crippen molar-refractivity contribution in [2.45, 2.75) is 13.8 Å². The summed E-state index contributed by atoms with van der Waals surface area (Å²) in [5, 5.41) is 0. The Morgan fingerprint density at radius 2 is 2.17 bits per heavy atom. The van der Waals surface area contributed by atoms with Gasteiger partial charge in [-0.25, -0.2) is 9.36 Å². The molecule has 0 radical (unpaired) electrons. The zero-order chi connectivity index (χ0) is 9.78. The zero-order valence-electron chi connectivity index (χ0n) is 6.94. The van der Waals surface area contributed by atoms with Crippen molar-refractivity contribution in [2.24, 2.45) is 0 Å². The van der Waals surface area contributed by atoms with E-state index in [0.717, 1.165) is 0 Å². The third-order valence-corrected chi connectivity index (χ3v) is 1.82. The van der Waals surface area contributed by atoms with Crippen LogP contribution in [0, 0.1) is 0 Å². The number of carbonyl (C=O) groups is 1. The minimum atomic E-state index is -4.21. The Kier molecular flexibility index (Phi) is 4.17. The highest BCUT2D eigenvalue weighted by Crippen LogP contribution is 2.43. The first-order valence-electron chi connectivity index (χ1n) is 3.26. The maximum atomic E-state index is 10.8. The maximum Gasteiger partial charge on any atom is 0.529 e. The molecule has 6 heteroatoms. The van der Waals surface area contributed by atoms with E-state index < -0.39 is 13.8 Å². The fraction of sp³-hybridized carbons (Fsp3) is 0.500. The lowest BCUT2D eigenvalue weighted by Crippen LogP contribution is -2.04. The van der Waals surface area contributed by atoms with Crippen LogP contribution in [0.1, 0.15) is 13.8 Å². The number of hydrogen-bond donors (Lipinski definition) is 1. The van der Waals surface area contributed by atoms with Gasteiger partial charge in [-0.3, -0.25) is 9.42 Å². The molecule has 0 fully saturated rings. The molecule has 0 saturated heterocycles. The van der Waals surface area contributed by atoms with E-state index in [1.807, 2.05) is 0 Å². The third kappa shape index (κ3) is 4.28. The highest BCUT2D eigenvalue weighted by atomic mass is 31.2. The lowest BCUT2D eigenvalue weighted by molar-refractivity contribution is -0.131. The normalized spacial score (nSPS) is 14.9. The monoisotopic (exact) mass is 194 g/mol. The van der Waals surface area contributed by atoms with Gasteiger partial charge in [0.2, 0.25) is 0 Å². The summed E-state index contributed by atoms with van der Waals surface area (Å²) in [6.45, 7) is 6.12. The van der Waals surface area contributed by atoms with Gasteiger partial charge < -0.3 is 4.52 Å². The zero-order valence-corrected chi connectivity index (χ0v) is 7.84. The van der Waals surface area contributed by atoms with Gasteiger partial charge in [0.15, 0.2) is 0 Å². The Morgan fingerprint density at radius 1 is 1.67 bits per heavy atom. The van der Waals surface area contributed by atoms with Crippen molar-refractivity contribution in [1.82, 2.24) is 0 Å². The molecule has 0 bridgehead atoms. The fourth-order valence-corrected chi connectivity index (χ4v) is 1.12. The van der Waals surface area contributed by atoms with E-state index in [4.69, 9.17) is 4.89 Å². The van der Waals surface area contributed by atoms with Gasteiger partial charge in [0, 0.05) is 5.57 Å². The Labute approximate surface area is 70.6 Å². The molecule has 0 aromatic rings. The van der Waals surface area contributed by atoms with Crippen LogP contribution in [0.15, 0.2) is 12.2 Å². The van der Waals surface area contributed by atoms with Crippen LogP contribution in [0.25, 0.3) is 0 Å². The van der Waals surface area contributed by atoms with Crippen LogP contribution in [0.4, 0.5) is 0 Å². The molecule has 12 heavy (non-hydrogen) atoms. The number of carbonyl (C=O) groups excluding carboxylic acids is 1. The maximum absolute atomic E-state index is 10.8. The predicted molar refractivity (Wildman–Crippen MR) is 42.4 cm³/mol. The molecule has 5 nitrogen and oxygen atoms in total. The van der Waals surface area contributed by atoms with Gasteiger partial charge in [-0.2, -0.15) is 0 Å². The predicted octanol–water partition coefficient (Wildman–Crippen LogP) is 1.24. The molecule has 0 aliphatic heterocycles. The Morgan fingerprint density at radius 3 is 2.50 bits per heavy atom. The smallest absolute Gasteiger partial charge is 0.367 e. The van der Waals surface area contributed by atoms with Gasteiger partial charge in [0.25, 0.3) is 0 Å². The molecule has 0 aliphatic carbocycles. The van der Waals surface area contributed by atoms with Crippen molar-refractivity contribution in [2.75, 3.05) is 6.61 Å². The molecule has 1 unspecified atom stereocenters. The summed E-state index contributed by atoms with van der Waals surface area (Å²) in [4.78, 5) is 19.5. The summed E-state index contributed by atoms with van der Waals surface area (Å²) in [7, 11) is -4.21. The van der Waals surface area contributed by atoms with Crippen molar-refractivity contribution in [1.29, 1.82) is 0 Å². The van der Waals surface area contributed by atoms with Crippen LogP contribution < -0.4 is 0 Å². The second-order valence-corrected chi connectivity index (χ2v) is 3.42. The van der Waals surface area contributed by atoms with E-state index in [-0.39, 0.29) is 12.2 Å². The highest BCUT2D eigenvalue weighted by molar-refractivity contribution is 7.48. The van der Waals surface area contributed by atoms with E-state index in [1.165, 1.54) is 13.8 Å². The molecule has 70 valence electrons. The van der Waals surface area contributed by atoms with E-state index in [9.17, 15) is 9.36 Å². The summed E-state index contributed by atoms with van der Waals surface area (Å²) in [6.07, 6.45) is 0. The molecule has 1 N–H and O–H groups in total. The first kappa shape index (κ1) is 11.4. The van der Waals surface area contributed by atoms with Gasteiger partial charge in [-0.15, -0.1) is 0 Å². The molecule has 1 atom stereocenters. The van der Waals surface area contributed by atoms with E-state index in [0.29, 0.717) is 0 Å². The number of hydrogen-bond acceptors (Lipinski definition) is 4. The fourth-order valence-electron chi connectivity index (χ4n) is 0.372. The summed E-state index contributed by atoms with van der Waals surface area (Å²) in [5.74, 6) is -0.936. The summed E-state index contributed by atoms with van der Waals surface area (Å²) < 4.78 is 19.1. The van der Waals surface area contributed by atoms with Crippen LogP contribution in [0.2, 0.25) is 0 Å². The minimum Gasteiger partial charge on any atom is -0.367 e. The van der Waals surface area contributed by atoms with Crippen LogP contribution >= 0.6 is 7.82 Å². The largest absolute Gasteiger partial charge is 0.529 e. The average molecular weight is 194 g/mol. The summed E-state index contributed by atoms with van der Waals surface area (Å²) >= 11 is 0. The second-order valence-electron chi connectivity index (χ2n) is 2.05. The lowest BCUT2D eigenvalue weighted by Gasteiger charge is -2.09. The van der Waals surface area contributed by atoms with Crippen LogP contribution in [-0.2, 0) is 18.4 Å². The van der Waals surface area contributed by atoms with E-state index in [2.05, 4.69) is 15.6 Å². The lowest BCUT2D eigenvalue weighted by atomic mass is 10.4. The van der Waals surface area contributed by atoms with Crippen LogP contribution in [0.5, 0.6) is 0 Å². The standard InChI is InChI=1S/C6H11O5P/c1-4-10-12(8,9)11-6(7)5(2)3/h2,4H2,1,3H3,(H,8,9). The van der Waals surface area contributed by atoms with Crippen LogP contribution in [0.3, 0.4) is 0 Å². The molecular formula is C6H11O5P. The number of rotatable bonds is 4. The molecule has 0 aromatic heterocycles. The quantitative estimate of drug-likeness (QED) is 0.538. The number of phosphoric acid groups is 1. The van der Waals surface area contributed by atoms with Gasteiger partial charge in [-0.1, -0.05) is 6.58 Å². The van der Waals surface area contributed by atoms with Gasteiger partial charge in [0.05, 0.1) is 6.61 Å².